The first-order valence-corrected chi connectivity index (χ1v) is 9.51. The number of aromatic nitrogens is 2. The van der Waals surface area contributed by atoms with Crippen LogP contribution in [0.15, 0.2) is 53.4 Å². The Kier molecular flexibility index (Phi) is 4.62. The number of rotatable bonds is 4. The van der Waals surface area contributed by atoms with Crippen LogP contribution in [0.3, 0.4) is 0 Å². The second-order valence-corrected chi connectivity index (χ2v) is 7.90. The van der Waals surface area contributed by atoms with Crippen LogP contribution in [0.2, 0.25) is 0 Å². The van der Waals surface area contributed by atoms with E-state index in [9.17, 15) is 21.6 Å². The molecule has 8 heteroatoms. The van der Waals surface area contributed by atoms with Gasteiger partial charge in [-0.25, -0.2) is 26.3 Å². The van der Waals surface area contributed by atoms with Crippen LogP contribution in [0.4, 0.5) is 13.2 Å². The van der Waals surface area contributed by atoms with E-state index in [0.29, 0.717) is 11.3 Å². The molecule has 0 spiro atoms. The second kappa shape index (κ2) is 6.60. The molecule has 0 unspecified atom stereocenters. The predicted molar refractivity (Wildman–Crippen MR) is 91.8 cm³/mol. The SMILES string of the molecule is Cc1ccc(-c2cc(C(F)F)nn2-c2ccc(S(C)(=O)=O)c(F)c2)cc1. The summed E-state index contributed by atoms with van der Waals surface area (Å²) >= 11 is 0. The fourth-order valence-corrected chi connectivity index (χ4v) is 3.28. The highest BCUT2D eigenvalue weighted by atomic mass is 32.2. The molecule has 26 heavy (non-hydrogen) atoms. The maximum absolute atomic E-state index is 14.2. The van der Waals surface area contributed by atoms with E-state index in [0.717, 1.165) is 24.0 Å². The minimum absolute atomic E-state index is 0.150. The lowest BCUT2D eigenvalue weighted by molar-refractivity contribution is 0.145. The van der Waals surface area contributed by atoms with E-state index in [1.807, 2.05) is 19.1 Å². The number of nitrogens with zero attached hydrogens (tertiary/aromatic N) is 2. The molecule has 0 saturated heterocycles. The third-order valence-corrected chi connectivity index (χ3v) is 4.99. The highest BCUT2D eigenvalue weighted by Crippen LogP contribution is 2.29. The highest BCUT2D eigenvalue weighted by molar-refractivity contribution is 7.90. The average molecular weight is 380 g/mol. The summed E-state index contributed by atoms with van der Waals surface area (Å²) in [4.78, 5) is -0.459. The molecule has 0 bridgehead atoms. The highest BCUT2D eigenvalue weighted by Gasteiger charge is 2.20. The fraction of sp³-hybridized carbons (Fsp3) is 0.167. The van der Waals surface area contributed by atoms with Gasteiger partial charge in [0, 0.05) is 17.9 Å². The Hall–Kier alpha value is -2.61. The van der Waals surface area contributed by atoms with Gasteiger partial charge in [0.15, 0.2) is 9.84 Å². The van der Waals surface area contributed by atoms with Gasteiger partial charge in [0.1, 0.15) is 16.4 Å². The van der Waals surface area contributed by atoms with Gasteiger partial charge < -0.3 is 0 Å². The van der Waals surface area contributed by atoms with Crippen molar-refractivity contribution in [1.29, 1.82) is 0 Å². The van der Waals surface area contributed by atoms with Crippen molar-refractivity contribution in [2.45, 2.75) is 18.2 Å². The Bertz CT molecular complexity index is 1060. The van der Waals surface area contributed by atoms with Gasteiger partial charge >= 0.3 is 0 Å². The van der Waals surface area contributed by atoms with E-state index in [4.69, 9.17) is 0 Å². The molecule has 0 aliphatic rings. The molecule has 1 aromatic heterocycles. The van der Waals surface area contributed by atoms with Gasteiger partial charge in [-0.15, -0.1) is 0 Å². The number of aryl methyl sites for hydroxylation is 1. The van der Waals surface area contributed by atoms with E-state index in [2.05, 4.69) is 5.10 Å². The Morgan fingerprint density at radius 3 is 2.23 bits per heavy atom. The molecule has 3 aromatic rings. The molecule has 0 aliphatic heterocycles. The van der Waals surface area contributed by atoms with Crippen LogP contribution >= 0.6 is 0 Å². The maximum Gasteiger partial charge on any atom is 0.282 e. The van der Waals surface area contributed by atoms with E-state index < -0.39 is 32.7 Å². The zero-order valence-electron chi connectivity index (χ0n) is 13.9. The monoisotopic (exact) mass is 380 g/mol. The van der Waals surface area contributed by atoms with E-state index in [-0.39, 0.29) is 5.69 Å². The molecule has 0 amide bonds. The van der Waals surface area contributed by atoms with Crippen molar-refractivity contribution in [2.24, 2.45) is 0 Å². The lowest BCUT2D eigenvalue weighted by Crippen LogP contribution is -2.05. The lowest BCUT2D eigenvalue weighted by Gasteiger charge is -2.09. The predicted octanol–water partition coefficient (Wildman–Crippen LogP) is 4.33. The van der Waals surface area contributed by atoms with Crippen LogP contribution in [0, 0.1) is 12.7 Å². The fourth-order valence-electron chi connectivity index (χ4n) is 2.56. The number of sulfone groups is 1. The van der Waals surface area contributed by atoms with Gasteiger partial charge in [0.05, 0.1) is 11.4 Å². The van der Waals surface area contributed by atoms with Crippen LogP contribution in [-0.4, -0.2) is 24.5 Å². The van der Waals surface area contributed by atoms with Crippen LogP contribution in [0.1, 0.15) is 17.7 Å². The molecule has 136 valence electrons. The summed E-state index contributed by atoms with van der Waals surface area (Å²) in [6, 6.07) is 11.8. The van der Waals surface area contributed by atoms with Crippen molar-refractivity contribution in [3.8, 4) is 16.9 Å². The standard InChI is InChI=1S/C18H15F3N2O2S/c1-11-3-5-12(6-4-11)16-10-15(18(20)21)22-23(16)13-7-8-17(14(19)9-13)26(2,24)25/h3-10,18H,1-2H3. The number of benzene rings is 2. The number of halogens is 3. The molecular formula is C18H15F3N2O2S. The van der Waals surface area contributed by atoms with Crippen LogP contribution < -0.4 is 0 Å². The lowest BCUT2D eigenvalue weighted by atomic mass is 10.1. The Labute approximate surface area is 148 Å². The molecule has 3 rings (SSSR count). The van der Waals surface area contributed by atoms with Gasteiger partial charge in [-0.1, -0.05) is 29.8 Å². The molecular weight excluding hydrogens is 365 g/mol. The van der Waals surface area contributed by atoms with E-state index in [1.54, 1.807) is 12.1 Å². The molecule has 2 aromatic carbocycles. The molecule has 0 atom stereocenters. The second-order valence-electron chi connectivity index (χ2n) is 5.92. The van der Waals surface area contributed by atoms with Crippen molar-refractivity contribution < 1.29 is 21.6 Å². The quantitative estimate of drug-likeness (QED) is 0.677. The molecule has 0 radical (unpaired) electrons. The van der Waals surface area contributed by atoms with Gasteiger partial charge in [0.25, 0.3) is 6.43 Å². The molecule has 0 N–H and O–H groups in total. The van der Waals surface area contributed by atoms with E-state index in [1.165, 1.54) is 16.8 Å². The maximum atomic E-state index is 14.2. The van der Waals surface area contributed by atoms with Gasteiger partial charge in [-0.2, -0.15) is 5.10 Å². The zero-order valence-corrected chi connectivity index (χ0v) is 14.8. The van der Waals surface area contributed by atoms with Gasteiger partial charge in [0.2, 0.25) is 0 Å². The number of hydrogen-bond donors (Lipinski definition) is 0. The molecule has 0 fully saturated rings. The van der Waals surface area contributed by atoms with Crippen molar-refractivity contribution in [1.82, 2.24) is 9.78 Å². The molecule has 0 saturated carbocycles. The largest absolute Gasteiger partial charge is 0.282 e. The first-order chi connectivity index (χ1) is 12.2. The summed E-state index contributed by atoms with van der Waals surface area (Å²) < 4.78 is 64.8. The normalized spacial score (nSPS) is 11.9. The van der Waals surface area contributed by atoms with Gasteiger partial charge in [-0.3, -0.25) is 0 Å². The molecule has 4 nitrogen and oxygen atoms in total. The summed E-state index contributed by atoms with van der Waals surface area (Å²) in [5, 5.41) is 3.86. The summed E-state index contributed by atoms with van der Waals surface area (Å²) in [5.41, 5.74) is 1.68. The number of alkyl halides is 2. The molecule has 0 aliphatic carbocycles. The number of hydrogen-bond acceptors (Lipinski definition) is 3. The molecule has 1 heterocycles. The summed E-state index contributed by atoms with van der Waals surface area (Å²) in [7, 11) is -3.73. The van der Waals surface area contributed by atoms with Crippen molar-refractivity contribution >= 4 is 9.84 Å². The Morgan fingerprint density at radius 1 is 1.04 bits per heavy atom. The minimum Gasteiger partial charge on any atom is -0.233 e. The first-order valence-electron chi connectivity index (χ1n) is 7.62. The van der Waals surface area contributed by atoms with Gasteiger partial charge in [-0.05, 0) is 25.1 Å². The summed E-state index contributed by atoms with van der Waals surface area (Å²) in [6.45, 7) is 1.89. The Balaban J connectivity index is 2.18. The third kappa shape index (κ3) is 3.50. The minimum atomic E-state index is -3.73. The van der Waals surface area contributed by atoms with Crippen LogP contribution in [0.5, 0.6) is 0 Å². The zero-order chi connectivity index (χ0) is 19.1. The Morgan fingerprint density at radius 2 is 1.69 bits per heavy atom. The van der Waals surface area contributed by atoms with Crippen molar-refractivity contribution in [3.63, 3.8) is 0 Å². The van der Waals surface area contributed by atoms with Crippen LogP contribution in [-0.2, 0) is 9.84 Å². The van der Waals surface area contributed by atoms with Crippen LogP contribution in [0.25, 0.3) is 16.9 Å². The average Bonchev–Trinajstić information content (AvgIpc) is 3.00. The van der Waals surface area contributed by atoms with Crippen molar-refractivity contribution in [3.05, 3.63) is 65.6 Å². The summed E-state index contributed by atoms with van der Waals surface area (Å²) in [6.07, 6.45) is -1.90. The summed E-state index contributed by atoms with van der Waals surface area (Å²) in [5.74, 6) is -0.964. The first kappa shape index (κ1) is 18.2. The van der Waals surface area contributed by atoms with Crippen molar-refractivity contribution in [2.75, 3.05) is 6.26 Å². The van der Waals surface area contributed by atoms with E-state index >= 15 is 0 Å². The third-order valence-electron chi connectivity index (χ3n) is 3.86. The topological polar surface area (TPSA) is 52.0 Å². The smallest absolute Gasteiger partial charge is 0.233 e.